The molecule has 3 aromatic heterocycles. The molecule has 26 heavy (non-hydrogen) atoms. The van der Waals surface area contributed by atoms with Crippen molar-refractivity contribution in [2.75, 3.05) is 0 Å². The van der Waals surface area contributed by atoms with E-state index in [0.29, 0.717) is 11.7 Å². The highest BCUT2D eigenvalue weighted by Crippen LogP contribution is 2.22. The first-order chi connectivity index (χ1) is 12.6. The summed E-state index contributed by atoms with van der Waals surface area (Å²) in [6, 6.07) is 11.1. The number of aromatic nitrogens is 6. The lowest BCUT2D eigenvalue weighted by atomic mass is 10.2. The van der Waals surface area contributed by atoms with Crippen molar-refractivity contribution >= 4 is 11.7 Å². The predicted octanol–water partition coefficient (Wildman–Crippen LogP) is 2.40. The van der Waals surface area contributed by atoms with Crippen LogP contribution in [0.15, 0.2) is 47.0 Å². The summed E-state index contributed by atoms with van der Waals surface area (Å²) in [5.41, 5.74) is 1.59. The van der Waals surface area contributed by atoms with Crippen LogP contribution in [0.1, 0.15) is 35.2 Å². The van der Waals surface area contributed by atoms with Gasteiger partial charge >= 0.3 is 5.97 Å². The number of fused-ring (bicyclic) bond motifs is 1. The van der Waals surface area contributed by atoms with Crippen LogP contribution in [-0.2, 0) is 4.74 Å². The van der Waals surface area contributed by atoms with Crippen molar-refractivity contribution in [3.63, 3.8) is 0 Å². The maximum absolute atomic E-state index is 12.3. The molecule has 0 radical (unpaired) electrons. The van der Waals surface area contributed by atoms with Gasteiger partial charge in [0, 0.05) is 17.5 Å². The number of benzene rings is 1. The number of aryl methyl sites for hydroxylation is 1. The lowest BCUT2D eigenvalue weighted by Gasteiger charge is -2.06. The number of hydrogen-bond acceptors (Lipinski definition) is 8. The average Bonchev–Trinajstić information content (AvgIpc) is 3.30. The molecule has 0 aliphatic rings. The normalized spacial score (nSPS) is 12.2. The number of nitrogens with zero attached hydrogens (tertiary/aromatic N) is 6. The van der Waals surface area contributed by atoms with E-state index in [2.05, 4.69) is 25.3 Å². The standard InChI is InChI=1S/C17H14N6O3/c1-10-8-9-18-17-19-13(22-23(10)17)16(24)25-11(2)14-20-21-15(26-14)12-6-4-3-5-7-12/h3-9,11H,1-2H3/t11-/m1/s1. The third-order valence-electron chi connectivity index (χ3n) is 3.71. The molecule has 130 valence electrons. The van der Waals surface area contributed by atoms with Gasteiger partial charge in [-0.2, -0.15) is 4.98 Å². The van der Waals surface area contributed by atoms with E-state index in [1.807, 2.05) is 37.3 Å². The molecule has 3 heterocycles. The van der Waals surface area contributed by atoms with Crippen LogP contribution in [0.4, 0.5) is 0 Å². The quantitative estimate of drug-likeness (QED) is 0.516. The summed E-state index contributed by atoms with van der Waals surface area (Å²) in [6.07, 6.45) is 0.855. The van der Waals surface area contributed by atoms with Crippen LogP contribution < -0.4 is 0 Å². The predicted molar refractivity (Wildman–Crippen MR) is 89.1 cm³/mol. The molecule has 1 atom stereocenters. The Labute approximate surface area is 147 Å². The molecule has 4 rings (SSSR count). The monoisotopic (exact) mass is 350 g/mol. The summed E-state index contributed by atoms with van der Waals surface area (Å²) in [4.78, 5) is 20.4. The first-order valence-electron chi connectivity index (χ1n) is 7.90. The van der Waals surface area contributed by atoms with Crippen LogP contribution in [0.5, 0.6) is 0 Å². The van der Waals surface area contributed by atoms with E-state index in [1.54, 1.807) is 19.2 Å². The zero-order valence-corrected chi connectivity index (χ0v) is 14.0. The van der Waals surface area contributed by atoms with Crippen molar-refractivity contribution in [1.82, 2.24) is 29.8 Å². The molecular formula is C17H14N6O3. The van der Waals surface area contributed by atoms with Gasteiger partial charge in [0.2, 0.25) is 5.89 Å². The van der Waals surface area contributed by atoms with Gasteiger partial charge in [0.1, 0.15) is 0 Å². The average molecular weight is 350 g/mol. The number of hydrogen-bond donors (Lipinski definition) is 0. The van der Waals surface area contributed by atoms with Gasteiger partial charge in [-0.1, -0.05) is 18.2 Å². The molecule has 0 saturated carbocycles. The Kier molecular flexibility index (Phi) is 3.88. The first kappa shape index (κ1) is 15.9. The molecular weight excluding hydrogens is 336 g/mol. The second kappa shape index (κ2) is 6.36. The Bertz CT molecular complexity index is 1070. The van der Waals surface area contributed by atoms with E-state index in [4.69, 9.17) is 9.15 Å². The minimum Gasteiger partial charge on any atom is -0.447 e. The van der Waals surface area contributed by atoms with Gasteiger partial charge in [0.15, 0.2) is 6.10 Å². The molecule has 0 bridgehead atoms. The van der Waals surface area contributed by atoms with Crippen LogP contribution in [0, 0.1) is 6.92 Å². The fourth-order valence-corrected chi connectivity index (χ4v) is 2.35. The Balaban J connectivity index is 1.52. The summed E-state index contributed by atoms with van der Waals surface area (Å²) in [6.45, 7) is 3.48. The van der Waals surface area contributed by atoms with Gasteiger partial charge in [-0.25, -0.2) is 14.3 Å². The van der Waals surface area contributed by atoms with Crippen LogP contribution in [0.25, 0.3) is 17.2 Å². The van der Waals surface area contributed by atoms with Crippen LogP contribution >= 0.6 is 0 Å². The number of rotatable bonds is 4. The minimum absolute atomic E-state index is 0.0820. The van der Waals surface area contributed by atoms with Crippen molar-refractivity contribution in [2.45, 2.75) is 20.0 Å². The summed E-state index contributed by atoms with van der Waals surface area (Å²) >= 11 is 0. The Morgan fingerprint density at radius 3 is 2.77 bits per heavy atom. The van der Waals surface area contributed by atoms with Crippen LogP contribution in [0.2, 0.25) is 0 Å². The Morgan fingerprint density at radius 1 is 1.19 bits per heavy atom. The summed E-state index contributed by atoms with van der Waals surface area (Å²) in [7, 11) is 0. The second-order valence-electron chi connectivity index (χ2n) is 5.59. The Hall–Kier alpha value is -3.62. The highest BCUT2D eigenvalue weighted by atomic mass is 16.6. The van der Waals surface area contributed by atoms with E-state index in [9.17, 15) is 4.79 Å². The van der Waals surface area contributed by atoms with Gasteiger partial charge in [0.05, 0.1) is 0 Å². The van der Waals surface area contributed by atoms with Gasteiger partial charge in [-0.3, -0.25) is 0 Å². The van der Waals surface area contributed by atoms with Crippen LogP contribution in [-0.4, -0.2) is 35.7 Å². The highest BCUT2D eigenvalue weighted by Gasteiger charge is 2.23. The third-order valence-corrected chi connectivity index (χ3v) is 3.71. The highest BCUT2D eigenvalue weighted by molar-refractivity contribution is 5.85. The summed E-state index contributed by atoms with van der Waals surface area (Å²) < 4.78 is 12.4. The van der Waals surface area contributed by atoms with Crippen LogP contribution in [0.3, 0.4) is 0 Å². The molecule has 9 nitrogen and oxygen atoms in total. The summed E-state index contributed by atoms with van der Waals surface area (Å²) in [5, 5.41) is 12.0. The smallest absolute Gasteiger partial charge is 0.379 e. The van der Waals surface area contributed by atoms with Gasteiger partial charge in [-0.05, 0) is 32.0 Å². The van der Waals surface area contributed by atoms with Crippen molar-refractivity contribution in [2.24, 2.45) is 0 Å². The molecule has 4 aromatic rings. The number of carbonyl (C=O) groups excluding carboxylic acids is 1. The molecule has 0 aliphatic heterocycles. The van der Waals surface area contributed by atoms with Crippen molar-refractivity contribution in [3.8, 4) is 11.5 Å². The van der Waals surface area contributed by atoms with Crippen molar-refractivity contribution in [1.29, 1.82) is 0 Å². The molecule has 9 heteroatoms. The maximum Gasteiger partial charge on any atom is 0.379 e. The molecule has 0 aliphatic carbocycles. The zero-order chi connectivity index (χ0) is 18.1. The molecule has 0 fully saturated rings. The fraction of sp³-hybridized carbons (Fsp3) is 0.176. The number of ether oxygens (including phenoxy) is 1. The van der Waals surface area contributed by atoms with Crippen molar-refractivity contribution in [3.05, 3.63) is 60.0 Å². The molecule has 0 amide bonds. The SMILES string of the molecule is Cc1ccnc2nc(C(=O)O[C@H](C)c3nnc(-c4ccccc4)o3)nn12. The molecule has 0 unspecified atom stereocenters. The van der Waals surface area contributed by atoms with E-state index in [-0.39, 0.29) is 11.7 Å². The van der Waals surface area contributed by atoms with E-state index < -0.39 is 12.1 Å². The first-order valence-corrected chi connectivity index (χ1v) is 7.90. The molecule has 0 N–H and O–H groups in total. The lowest BCUT2D eigenvalue weighted by molar-refractivity contribution is 0.0266. The van der Waals surface area contributed by atoms with Gasteiger partial charge in [-0.15, -0.1) is 15.3 Å². The zero-order valence-electron chi connectivity index (χ0n) is 14.0. The topological polar surface area (TPSA) is 108 Å². The fourth-order valence-electron chi connectivity index (χ4n) is 2.35. The molecule has 0 saturated heterocycles. The third kappa shape index (κ3) is 2.90. The molecule has 0 spiro atoms. The van der Waals surface area contributed by atoms with Gasteiger partial charge in [0.25, 0.3) is 17.5 Å². The second-order valence-corrected chi connectivity index (χ2v) is 5.59. The summed E-state index contributed by atoms with van der Waals surface area (Å²) in [5.74, 6) is 0.0986. The van der Waals surface area contributed by atoms with E-state index in [0.717, 1.165) is 11.3 Å². The van der Waals surface area contributed by atoms with Crippen molar-refractivity contribution < 1.29 is 13.9 Å². The van der Waals surface area contributed by atoms with E-state index >= 15 is 0 Å². The van der Waals surface area contributed by atoms with E-state index in [1.165, 1.54) is 4.52 Å². The largest absolute Gasteiger partial charge is 0.447 e. The lowest BCUT2D eigenvalue weighted by Crippen LogP contribution is -2.11. The maximum atomic E-state index is 12.3. The molecule has 1 aromatic carbocycles. The Morgan fingerprint density at radius 2 is 2.00 bits per heavy atom. The minimum atomic E-state index is -0.742. The number of carbonyl (C=O) groups is 1. The number of esters is 1. The van der Waals surface area contributed by atoms with Gasteiger partial charge < -0.3 is 9.15 Å².